The molecule has 0 saturated carbocycles. The molecule has 2 aromatic carbocycles. The number of carbonyl (C=O) groups is 2. The first kappa shape index (κ1) is 24.2. The molecule has 1 fully saturated rings. The Kier molecular flexibility index (Phi) is 6.20. The summed E-state index contributed by atoms with van der Waals surface area (Å²) in [5.41, 5.74) is 3.22. The Hall–Kier alpha value is -5.11. The molecule has 39 heavy (non-hydrogen) atoms. The zero-order chi connectivity index (χ0) is 26.9. The number of likely N-dealkylation sites (tertiary alicyclic amines) is 1. The first-order valence-corrected chi connectivity index (χ1v) is 12.5. The Morgan fingerprint density at radius 3 is 2.49 bits per heavy atom. The zero-order valence-electron chi connectivity index (χ0n) is 21.2. The number of hydrogen-bond acceptors (Lipinski definition) is 6. The van der Waals surface area contributed by atoms with Gasteiger partial charge in [-0.25, -0.2) is 4.98 Å². The number of Topliss-reactive ketones (excluding diaryl/α,β-unsaturated/α-hetero) is 1. The molecular weight excluding hydrogens is 494 g/mol. The van der Waals surface area contributed by atoms with Gasteiger partial charge >= 0.3 is 0 Å². The van der Waals surface area contributed by atoms with Crippen LogP contribution < -0.4 is 4.74 Å². The number of furan rings is 1. The van der Waals surface area contributed by atoms with Crippen molar-refractivity contribution in [2.45, 2.75) is 26.1 Å². The summed E-state index contributed by atoms with van der Waals surface area (Å²) in [6.07, 6.45) is 3.28. The molecule has 0 aliphatic carbocycles. The maximum Gasteiger partial charge on any atom is 0.296 e. The summed E-state index contributed by atoms with van der Waals surface area (Å²) in [4.78, 5) is 32.7. The van der Waals surface area contributed by atoms with Gasteiger partial charge in [-0.05, 0) is 54.4 Å². The van der Waals surface area contributed by atoms with Crippen LogP contribution in [0.25, 0.3) is 11.4 Å². The normalized spacial score (nSPS) is 16.7. The standard InChI is InChI=1S/C31H25N3O5/c1-20-27(33-16-6-5-11-25(33)32-20)29(35)26-28(34(31(37)30(26)36)18-24-10-7-17-38-24)22-12-14-23(15-13-22)39-19-21-8-3-2-4-9-21/h2-17,28,35H,18-19H2,1H3. The number of ketones is 1. The van der Waals surface area contributed by atoms with E-state index in [1.165, 1.54) is 11.2 Å². The first-order chi connectivity index (χ1) is 19.0. The van der Waals surface area contributed by atoms with Gasteiger partial charge in [0.1, 0.15) is 29.5 Å². The summed E-state index contributed by atoms with van der Waals surface area (Å²) in [7, 11) is 0. The van der Waals surface area contributed by atoms with Crippen LogP contribution in [-0.4, -0.2) is 31.1 Å². The lowest BCUT2D eigenvalue weighted by atomic mass is 9.96. The Labute approximate surface area is 224 Å². The highest BCUT2D eigenvalue weighted by molar-refractivity contribution is 6.46. The number of aromatic nitrogens is 2. The number of benzene rings is 2. The second-order valence-corrected chi connectivity index (χ2v) is 9.32. The number of aliphatic hydroxyl groups is 1. The summed E-state index contributed by atoms with van der Waals surface area (Å²) in [6, 6.07) is 25.1. The van der Waals surface area contributed by atoms with Crippen LogP contribution in [0.2, 0.25) is 0 Å². The Balaban J connectivity index is 1.41. The van der Waals surface area contributed by atoms with Gasteiger partial charge in [0.2, 0.25) is 0 Å². The first-order valence-electron chi connectivity index (χ1n) is 12.5. The predicted molar refractivity (Wildman–Crippen MR) is 144 cm³/mol. The number of pyridine rings is 1. The van der Waals surface area contributed by atoms with E-state index in [2.05, 4.69) is 4.98 Å². The van der Waals surface area contributed by atoms with E-state index in [4.69, 9.17) is 9.15 Å². The highest BCUT2D eigenvalue weighted by Crippen LogP contribution is 2.41. The molecule has 1 aliphatic rings. The molecule has 3 aromatic heterocycles. The monoisotopic (exact) mass is 519 g/mol. The molecular formula is C31H25N3O5. The zero-order valence-corrected chi connectivity index (χ0v) is 21.2. The highest BCUT2D eigenvalue weighted by Gasteiger charge is 2.47. The van der Waals surface area contributed by atoms with E-state index in [0.29, 0.717) is 40.7 Å². The molecule has 194 valence electrons. The van der Waals surface area contributed by atoms with Crippen molar-refractivity contribution in [3.05, 3.63) is 131 Å². The van der Waals surface area contributed by atoms with Crippen molar-refractivity contribution < 1.29 is 23.8 Å². The summed E-state index contributed by atoms with van der Waals surface area (Å²) in [5, 5.41) is 11.6. The number of nitrogens with zero attached hydrogens (tertiary/aromatic N) is 3. The van der Waals surface area contributed by atoms with Gasteiger partial charge in [-0.15, -0.1) is 0 Å². The van der Waals surface area contributed by atoms with Crippen molar-refractivity contribution in [3.63, 3.8) is 0 Å². The molecule has 1 atom stereocenters. The summed E-state index contributed by atoms with van der Waals surface area (Å²) >= 11 is 0. The molecule has 1 saturated heterocycles. The van der Waals surface area contributed by atoms with Gasteiger partial charge in [0, 0.05) is 6.20 Å². The van der Waals surface area contributed by atoms with Crippen LogP contribution in [-0.2, 0) is 22.7 Å². The van der Waals surface area contributed by atoms with Crippen LogP contribution in [0.1, 0.15) is 34.3 Å². The van der Waals surface area contributed by atoms with Crippen molar-refractivity contribution in [1.82, 2.24) is 14.3 Å². The van der Waals surface area contributed by atoms with Crippen molar-refractivity contribution in [2.75, 3.05) is 0 Å². The molecule has 0 spiro atoms. The number of rotatable bonds is 7. The van der Waals surface area contributed by atoms with E-state index < -0.39 is 17.7 Å². The molecule has 1 N–H and O–H groups in total. The molecule has 1 unspecified atom stereocenters. The quantitative estimate of drug-likeness (QED) is 0.175. The largest absolute Gasteiger partial charge is 0.505 e. The van der Waals surface area contributed by atoms with Crippen LogP contribution in [0.5, 0.6) is 5.75 Å². The van der Waals surface area contributed by atoms with Gasteiger partial charge in [-0.1, -0.05) is 48.5 Å². The van der Waals surface area contributed by atoms with Crippen LogP contribution in [0.4, 0.5) is 0 Å². The van der Waals surface area contributed by atoms with Gasteiger partial charge in [0.15, 0.2) is 5.76 Å². The number of amides is 1. The van der Waals surface area contributed by atoms with Gasteiger partial charge in [-0.2, -0.15) is 0 Å². The van der Waals surface area contributed by atoms with E-state index in [1.54, 1.807) is 53.9 Å². The van der Waals surface area contributed by atoms with Crippen molar-refractivity contribution >= 4 is 23.1 Å². The molecule has 8 nitrogen and oxygen atoms in total. The maximum atomic E-state index is 13.4. The Bertz CT molecular complexity index is 1690. The van der Waals surface area contributed by atoms with E-state index in [0.717, 1.165) is 5.56 Å². The van der Waals surface area contributed by atoms with E-state index >= 15 is 0 Å². The number of aliphatic hydroxyl groups excluding tert-OH is 1. The summed E-state index contributed by atoms with van der Waals surface area (Å²) in [6.45, 7) is 2.23. The van der Waals surface area contributed by atoms with Crippen LogP contribution in [0.15, 0.2) is 107 Å². The fraction of sp³-hybridized carbons (Fsp3) is 0.129. The molecule has 1 amide bonds. The predicted octanol–water partition coefficient (Wildman–Crippen LogP) is 5.44. The smallest absolute Gasteiger partial charge is 0.296 e. The van der Waals surface area contributed by atoms with E-state index in [9.17, 15) is 14.7 Å². The Morgan fingerprint density at radius 1 is 0.974 bits per heavy atom. The van der Waals surface area contributed by atoms with Gasteiger partial charge in [0.05, 0.1) is 30.1 Å². The van der Waals surface area contributed by atoms with Crippen molar-refractivity contribution in [2.24, 2.45) is 0 Å². The SMILES string of the molecule is Cc1nc2ccccn2c1C(O)=C1C(=O)C(=O)N(Cc2ccco2)C1c1ccc(OCc2ccccc2)cc1. The summed E-state index contributed by atoms with van der Waals surface area (Å²) < 4.78 is 13.1. The van der Waals surface area contributed by atoms with Gasteiger partial charge < -0.3 is 19.2 Å². The fourth-order valence-electron chi connectivity index (χ4n) is 4.97. The minimum Gasteiger partial charge on any atom is -0.505 e. The minimum atomic E-state index is -0.841. The van der Waals surface area contributed by atoms with Crippen LogP contribution in [0.3, 0.4) is 0 Å². The number of imidazole rings is 1. The van der Waals surface area contributed by atoms with E-state index in [1.807, 2.05) is 48.5 Å². The number of carbonyl (C=O) groups excluding carboxylic acids is 2. The van der Waals surface area contributed by atoms with E-state index in [-0.39, 0.29) is 17.9 Å². The fourth-order valence-corrected chi connectivity index (χ4v) is 4.97. The number of hydrogen-bond donors (Lipinski definition) is 1. The Morgan fingerprint density at radius 2 is 1.74 bits per heavy atom. The highest BCUT2D eigenvalue weighted by atomic mass is 16.5. The second kappa shape index (κ2) is 9.98. The molecule has 1 aliphatic heterocycles. The maximum absolute atomic E-state index is 13.4. The number of ether oxygens (including phenoxy) is 1. The number of aryl methyl sites for hydroxylation is 1. The second-order valence-electron chi connectivity index (χ2n) is 9.32. The molecule has 0 bridgehead atoms. The summed E-state index contributed by atoms with van der Waals surface area (Å²) in [5.74, 6) is -0.590. The van der Waals surface area contributed by atoms with Crippen LogP contribution in [0, 0.1) is 6.92 Å². The van der Waals surface area contributed by atoms with Crippen molar-refractivity contribution in [1.29, 1.82) is 0 Å². The molecule has 0 radical (unpaired) electrons. The lowest BCUT2D eigenvalue weighted by molar-refractivity contribution is -0.140. The lowest BCUT2D eigenvalue weighted by Gasteiger charge is -2.24. The molecule has 5 aromatic rings. The molecule has 8 heteroatoms. The average molecular weight is 520 g/mol. The van der Waals surface area contributed by atoms with Crippen molar-refractivity contribution in [3.8, 4) is 5.75 Å². The third-order valence-corrected chi connectivity index (χ3v) is 6.82. The average Bonchev–Trinajstić information content (AvgIpc) is 3.66. The topological polar surface area (TPSA) is 97.3 Å². The molecule has 6 rings (SSSR count). The molecule has 4 heterocycles. The third-order valence-electron chi connectivity index (χ3n) is 6.82. The number of fused-ring (bicyclic) bond motifs is 1. The van der Waals surface area contributed by atoms with Crippen LogP contribution >= 0.6 is 0 Å². The minimum absolute atomic E-state index is 0.00161. The van der Waals surface area contributed by atoms with Gasteiger partial charge in [-0.3, -0.25) is 14.0 Å². The lowest BCUT2D eigenvalue weighted by Crippen LogP contribution is -2.29. The third kappa shape index (κ3) is 4.46. The van der Waals surface area contributed by atoms with Gasteiger partial charge in [0.25, 0.3) is 11.7 Å².